The van der Waals surface area contributed by atoms with Gasteiger partial charge in [0.15, 0.2) is 10.8 Å². The van der Waals surface area contributed by atoms with Crippen molar-refractivity contribution in [1.82, 2.24) is 9.88 Å². The van der Waals surface area contributed by atoms with Gasteiger partial charge in [0.1, 0.15) is 6.04 Å². The number of carboxylic acids is 1. The number of rotatable bonds is 4. The lowest BCUT2D eigenvalue weighted by Gasteiger charge is -2.19. The van der Waals surface area contributed by atoms with Crippen LogP contribution in [0.5, 0.6) is 0 Å². The topological polar surface area (TPSA) is 83.6 Å². The number of carboxylic acid groups (broad SMARTS) is 1. The van der Waals surface area contributed by atoms with Crippen molar-refractivity contribution in [1.29, 1.82) is 0 Å². The van der Waals surface area contributed by atoms with Crippen LogP contribution in [-0.4, -0.2) is 44.5 Å². The van der Waals surface area contributed by atoms with Gasteiger partial charge < -0.3 is 14.4 Å². The summed E-state index contributed by atoms with van der Waals surface area (Å²) in [6.07, 6.45) is 1.68. The summed E-state index contributed by atoms with van der Waals surface area (Å²) in [7, 11) is 0. The van der Waals surface area contributed by atoms with E-state index in [1.807, 2.05) is 6.07 Å². The number of carbonyl (C=O) groups excluding carboxylic acids is 1. The average molecular weight is 324 g/mol. The monoisotopic (exact) mass is 324 g/mol. The van der Waals surface area contributed by atoms with E-state index in [2.05, 4.69) is 4.98 Å². The normalized spacial score (nSPS) is 18.1. The minimum atomic E-state index is -0.956. The van der Waals surface area contributed by atoms with Crippen LogP contribution in [0.1, 0.15) is 5.69 Å². The Morgan fingerprint density at radius 1 is 1.52 bits per heavy atom. The van der Waals surface area contributed by atoms with Gasteiger partial charge in [-0.15, -0.1) is 23.1 Å². The van der Waals surface area contributed by atoms with Crippen molar-refractivity contribution in [2.45, 2.75) is 12.5 Å². The number of aromatic nitrogens is 1. The molecule has 0 aromatic carbocycles. The smallest absolute Gasteiger partial charge is 0.327 e. The van der Waals surface area contributed by atoms with Crippen LogP contribution in [0.25, 0.3) is 10.8 Å². The highest BCUT2D eigenvalue weighted by molar-refractivity contribution is 7.99. The van der Waals surface area contributed by atoms with Gasteiger partial charge in [-0.3, -0.25) is 4.79 Å². The largest absolute Gasteiger partial charge is 0.480 e. The molecule has 1 atom stereocenters. The molecule has 3 rings (SSSR count). The van der Waals surface area contributed by atoms with Gasteiger partial charge in [0.25, 0.3) is 0 Å². The first kappa shape index (κ1) is 14.2. The Bertz CT molecular complexity index is 653. The van der Waals surface area contributed by atoms with Crippen molar-refractivity contribution >= 4 is 35.0 Å². The second kappa shape index (κ2) is 5.90. The van der Waals surface area contributed by atoms with Gasteiger partial charge in [-0.25, -0.2) is 9.78 Å². The minimum absolute atomic E-state index is 0.113. The van der Waals surface area contributed by atoms with Crippen molar-refractivity contribution in [2.75, 3.05) is 11.6 Å². The lowest BCUT2D eigenvalue weighted by molar-refractivity contribution is -0.147. The van der Waals surface area contributed by atoms with Gasteiger partial charge in [-0.1, -0.05) is 0 Å². The summed E-state index contributed by atoms with van der Waals surface area (Å²) in [5, 5.41) is 11.6. The molecule has 2 aromatic heterocycles. The maximum atomic E-state index is 12.2. The maximum Gasteiger partial charge on any atom is 0.327 e. The molecule has 6 nitrogen and oxygen atoms in total. The van der Waals surface area contributed by atoms with Crippen LogP contribution in [0.3, 0.4) is 0 Å². The number of hydrogen-bond donors (Lipinski definition) is 1. The molecule has 2 aromatic rings. The predicted molar refractivity (Wildman–Crippen MR) is 79.1 cm³/mol. The Morgan fingerprint density at radius 2 is 2.38 bits per heavy atom. The van der Waals surface area contributed by atoms with E-state index in [0.717, 1.165) is 0 Å². The second-order valence-electron chi connectivity index (χ2n) is 4.52. The number of thiazole rings is 1. The Labute approximate surface area is 128 Å². The highest BCUT2D eigenvalue weighted by Gasteiger charge is 2.34. The zero-order valence-electron chi connectivity index (χ0n) is 10.9. The van der Waals surface area contributed by atoms with Crippen LogP contribution >= 0.6 is 23.1 Å². The molecule has 1 amide bonds. The zero-order valence-corrected chi connectivity index (χ0v) is 12.5. The van der Waals surface area contributed by atoms with E-state index < -0.39 is 12.0 Å². The molecule has 1 N–H and O–H groups in total. The van der Waals surface area contributed by atoms with E-state index in [1.165, 1.54) is 28.0 Å². The lowest BCUT2D eigenvalue weighted by Crippen LogP contribution is -2.42. The summed E-state index contributed by atoms with van der Waals surface area (Å²) in [6.45, 7) is 0. The molecule has 0 saturated carbocycles. The van der Waals surface area contributed by atoms with E-state index >= 15 is 0 Å². The molecule has 1 aliphatic heterocycles. The van der Waals surface area contributed by atoms with Crippen LogP contribution in [0.4, 0.5) is 0 Å². The molecule has 3 heterocycles. The molecule has 0 bridgehead atoms. The highest BCUT2D eigenvalue weighted by atomic mass is 32.2. The van der Waals surface area contributed by atoms with E-state index in [-0.39, 0.29) is 12.3 Å². The molecular weight excluding hydrogens is 312 g/mol. The number of thioether (sulfide) groups is 1. The van der Waals surface area contributed by atoms with Crippen molar-refractivity contribution in [3.8, 4) is 10.8 Å². The Hall–Kier alpha value is -1.80. The third-order valence-electron chi connectivity index (χ3n) is 3.10. The number of aliphatic carboxylic acids is 1. The van der Waals surface area contributed by atoms with Crippen LogP contribution in [-0.2, 0) is 16.0 Å². The van der Waals surface area contributed by atoms with Crippen LogP contribution in [0.2, 0.25) is 0 Å². The van der Waals surface area contributed by atoms with E-state index in [1.54, 1.807) is 17.7 Å². The maximum absolute atomic E-state index is 12.2. The van der Waals surface area contributed by atoms with E-state index in [4.69, 9.17) is 9.52 Å². The molecule has 0 aliphatic carbocycles. The molecule has 1 unspecified atom stereocenters. The SMILES string of the molecule is O=C(O)C1CSCN1C(=O)Cc1csc(-c2ccco2)n1. The van der Waals surface area contributed by atoms with Gasteiger partial charge >= 0.3 is 5.97 Å². The van der Waals surface area contributed by atoms with Crippen LogP contribution in [0.15, 0.2) is 28.2 Å². The van der Waals surface area contributed by atoms with Gasteiger partial charge in [0, 0.05) is 11.1 Å². The molecule has 0 radical (unpaired) electrons. The lowest BCUT2D eigenvalue weighted by atomic mass is 10.2. The molecule has 1 aliphatic rings. The van der Waals surface area contributed by atoms with Gasteiger partial charge in [-0.05, 0) is 12.1 Å². The van der Waals surface area contributed by atoms with Crippen molar-refractivity contribution in [3.05, 3.63) is 29.5 Å². The molecule has 1 saturated heterocycles. The molecule has 1 fully saturated rings. The first-order chi connectivity index (χ1) is 10.1. The third-order valence-corrected chi connectivity index (χ3v) is 5.02. The summed E-state index contributed by atoms with van der Waals surface area (Å²) in [6, 6.07) is 2.85. The number of amides is 1. The Balaban J connectivity index is 1.69. The first-order valence-electron chi connectivity index (χ1n) is 6.23. The van der Waals surface area contributed by atoms with Crippen LogP contribution in [0, 0.1) is 0 Å². The summed E-state index contributed by atoms with van der Waals surface area (Å²) < 4.78 is 5.26. The highest BCUT2D eigenvalue weighted by Crippen LogP contribution is 2.26. The summed E-state index contributed by atoms with van der Waals surface area (Å²) >= 11 is 2.85. The zero-order chi connectivity index (χ0) is 14.8. The Morgan fingerprint density at radius 3 is 3.10 bits per heavy atom. The number of carbonyl (C=O) groups is 2. The molecular formula is C13H12N2O4S2. The molecule has 0 spiro atoms. The number of nitrogens with zero attached hydrogens (tertiary/aromatic N) is 2. The second-order valence-corrected chi connectivity index (χ2v) is 6.37. The molecule has 110 valence electrons. The predicted octanol–water partition coefficient (Wildman–Crippen LogP) is 1.93. The average Bonchev–Trinajstić information content (AvgIpc) is 3.19. The van der Waals surface area contributed by atoms with E-state index in [9.17, 15) is 9.59 Å². The first-order valence-corrected chi connectivity index (χ1v) is 8.27. The summed E-state index contributed by atoms with van der Waals surface area (Å²) in [5.74, 6) is 0.367. The minimum Gasteiger partial charge on any atom is -0.480 e. The fourth-order valence-electron chi connectivity index (χ4n) is 2.05. The van der Waals surface area contributed by atoms with E-state index in [0.29, 0.717) is 28.1 Å². The van der Waals surface area contributed by atoms with Crippen molar-refractivity contribution < 1.29 is 19.1 Å². The fourth-order valence-corrected chi connectivity index (χ4v) is 4.01. The van der Waals surface area contributed by atoms with Gasteiger partial charge in [0.05, 0.1) is 24.3 Å². The van der Waals surface area contributed by atoms with Crippen molar-refractivity contribution in [2.24, 2.45) is 0 Å². The number of hydrogen-bond acceptors (Lipinski definition) is 6. The summed E-state index contributed by atoms with van der Waals surface area (Å²) in [4.78, 5) is 29.1. The van der Waals surface area contributed by atoms with Gasteiger partial charge in [-0.2, -0.15) is 0 Å². The number of furan rings is 1. The van der Waals surface area contributed by atoms with Crippen molar-refractivity contribution in [3.63, 3.8) is 0 Å². The Kier molecular flexibility index (Phi) is 3.98. The molecule has 21 heavy (non-hydrogen) atoms. The molecule has 8 heteroatoms. The van der Waals surface area contributed by atoms with Crippen LogP contribution < -0.4 is 0 Å². The fraction of sp³-hybridized carbons (Fsp3) is 0.308. The third kappa shape index (κ3) is 2.96. The quantitative estimate of drug-likeness (QED) is 0.925. The van der Waals surface area contributed by atoms with Gasteiger partial charge in [0.2, 0.25) is 5.91 Å². The standard InChI is InChI=1S/C13H12N2O4S2/c16-11(15-7-20-6-9(15)13(17)18)4-8-5-21-12(14-8)10-2-1-3-19-10/h1-3,5,9H,4,6-7H2,(H,17,18). The summed E-state index contributed by atoms with van der Waals surface area (Å²) in [5.41, 5.74) is 0.637.